The average molecular weight is 406 g/mol. The first kappa shape index (κ1) is 21.2. The minimum Gasteiger partial charge on any atom is -0.497 e. The van der Waals surface area contributed by atoms with Crippen LogP contribution in [0, 0.1) is 6.92 Å². The van der Waals surface area contributed by atoms with Crippen LogP contribution in [0.5, 0.6) is 17.2 Å². The molecule has 0 spiro atoms. The highest BCUT2D eigenvalue weighted by molar-refractivity contribution is 6.07. The third-order valence-electron chi connectivity index (χ3n) is 4.72. The summed E-state index contributed by atoms with van der Waals surface area (Å²) in [4.78, 5) is 12.5. The highest BCUT2D eigenvalue weighted by Crippen LogP contribution is 2.24. The van der Waals surface area contributed by atoms with Gasteiger partial charge in [0, 0.05) is 18.3 Å². The Balaban J connectivity index is 1.73. The first-order valence-electron chi connectivity index (χ1n) is 9.74. The SMILES string of the molecule is CCn1cc(C(=O)/C=C/c2ccc(OC)c(COc3ccc(OC)cc3)c2)c(C)n1. The van der Waals surface area contributed by atoms with Gasteiger partial charge in [-0.2, -0.15) is 5.10 Å². The molecule has 0 N–H and O–H groups in total. The van der Waals surface area contributed by atoms with Gasteiger partial charge >= 0.3 is 0 Å². The quantitative estimate of drug-likeness (QED) is 0.381. The molecule has 0 aliphatic heterocycles. The van der Waals surface area contributed by atoms with E-state index in [0.717, 1.165) is 40.6 Å². The summed E-state index contributed by atoms with van der Waals surface area (Å²) < 4.78 is 18.2. The molecule has 6 heteroatoms. The Morgan fingerprint density at radius 1 is 1.07 bits per heavy atom. The summed E-state index contributed by atoms with van der Waals surface area (Å²) in [7, 11) is 3.25. The second-order valence-corrected chi connectivity index (χ2v) is 6.72. The molecule has 0 aliphatic rings. The fourth-order valence-electron chi connectivity index (χ4n) is 3.03. The maximum Gasteiger partial charge on any atom is 0.189 e. The van der Waals surface area contributed by atoms with E-state index in [1.807, 2.05) is 56.3 Å². The van der Waals surface area contributed by atoms with Gasteiger partial charge in [0.25, 0.3) is 0 Å². The van der Waals surface area contributed by atoms with Crippen molar-refractivity contribution in [2.24, 2.45) is 0 Å². The third-order valence-corrected chi connectivity index (χ3v) is 4.72. The summed E-state index contributed by atoms with van der Waals surface area (Å²) in [6.45, 7) is 4.90. The molecule has 1 aromatic heterocycles. The maximum absolute atomic E-state index is 12.5. The molecule has 0 saturated carbocycles. The molecule has 0 fully saturated rings. The molecule has 0 unspecified atom stereocenters. The molecule has 0 aliphatic carbocycles. The van der Waals surface area contributed by atoms with Gasteiger partial charge in [0.15, 0.2) is 5.78 Å². The van der Waals surface area contributed by atoms with Gasteiger partial charge < -0.3 is 14.2 Å². The molecule has 0 bridgehead atoms. The van der Waals surface area contributed by atoms with Crippen LogP contribution in [0.3, 0.4) is 0 Å². The maximum atomic E-state index is 12.5. The summed E-state index contributed by atoms with van der Waals surface area (Å²) in [5.41, 5.74) is 3.12. The number of allylic oxidation sites excluding steroid dienone is 1. The number of hydrogen-bond acceptors (Lipinski definition) is 5. The molecular weight excluding hydrogens is 380 g/mol. The number of rotatable bonds is 9. The number of ether oxygens (including phenoxy) is 3. The lowest BCUT2D eigenvalue weighted by Gasteiger charge is -2.11. The molecule has 156 valence electrons. The van der Waals surface area contributed by atoms with Crippen molar-refractivity contribution in [1.29, 1.82) is 0 Å². The fraction of sp³-hybridized carbons (Fsp3) is 0.250. The van der Waals surface area contributed by atoms with Crippen LogP contribution in [-0.2, 0) is 13.2 Å². The van der Waals surface area contributed by atoms with E-state index in [4.69, 9.17) is 14.2 Å². The van der Waals surface area contributed by atoms with E-state index in [1.165, 1.54) is 0 Å². The first-order valence-corrected chi connectivity index (χ1v) is 9.74. The molecule has 0 atom stereocenters. The summed E-state index contributed by atoms with van der Waals surface area (Å²) in [5.74, 6) is 2.17. The van der Waals surface area contributed by atoms with Crippen molar-refractivity contribution in [3.63, 3.8) is 0 Å². The van der Waals surface area contributed by atoms with Gasteiger partial charge in [-0.05, 0) is 61.9 Å². The van der Waals surface area contributed by atoms with Gasteiger partial charge in [-0.3, -0.25) is 9.48 Å². The fourth-order valence-corrected chi connectivity index (χ4v) is 3.03. The number of ketones is 1. The number of aromatic nitrogens is 2. The Labute approximate surface area is 176 Å². The van der Waals surface area contributed by atoms with E-state index in [1.54, 1.807) is 37.3 Å². The molecule has 0 radical (unpaired) electrons. The van der Waals surface area contributed by atoms with Crippen LogP contribution in [0.25, 0.3) is 6.08 Å². The summed E-state index contributed by atoms with van der Waals surface area (Å²) in [6.07, 6.45) is 5.14. The number of aryl methyl sites for hydroxylation is 2. The predicted octanol–water partition coefficient (Wildman–Crippen LogP) is 4.70. The Morgan fingerprint density at radius 3 is 2.43 bits per heavy atom. The summed E-state index contributed by atoms with van der Waals surface area (Å²) in [6, 6.07) is 13.1. The van der Waals surface area contributed by atoms with Crippen molar-refractivity contribution in [3.05, 3.63) is 77.1 Å². The monoisotopic (exact) mass is 406 g/mol. The lowest BCUT2D eigenvalue weighted by atomic mass is 10.1. The Bertz CT molecular complexity index is 1040. The molecule has 6 nitrogen and oxygen atoms in total. The third kappa shape index (κ3) is 5.08. The van der Waals surface area contributed by atoms with Gasteiger partial charge in [0.05, 0.1) is 25.5 Å². The minimum absolute atomic E-state index is 0.0703. The number of hydrogen-bond donors (Lipinski definition) is 0. The molecule has 3 rings (SSSR count). The summed E-state index contributed by atoms with van der Waals surface area (Å²) >= 11 is 0. The van der Waals surface area contributed by atoms with Crippen molar-refractivity contribution in [2.75, 3.05) is 14.2 Å². The van der Waals surface area contributed by atoms with Gasteiger partial charge in [-0.25, -0.2) is 0 Å². The lowest BCUT2D eigenvalue weighted by molar-refractivity contribution is 0.104. The molecular formula is C24H26N2O4. The smallest absolute Gasteiger partial charge is 0.189 e. The van der Waals surface area contributed by atoms with E-state index < -0.39 is 0 Å². The number of carbonyl (C=O) groups excluding carboxylic acids is 1. The zero-order valence-corrected chi connectivity index (χ0v) is 17.7. The topological polar surface area (TPSA) is 62.6 Å². The van der Waals surface area contributed by atoms with Crippen LogP contribution >= 0.6 is 0 Å². The van der Waals surface area contributed by atoms with Crippen molar-refractivity contribution in [1.82, 2.24) is 9.78 Å². The van der Waals surface area contributed by atoms with E-state index in [2.05, 4.69) is 5.10 Å². The van der Waals surface area contributed by atoms with Gasteiger partial charge in [-0.15, -0.1) is 0 Å². The second-order valence-electron chi connectivity index (χ2n) is 6.72. The van der Waals surface area contributed by atoms with Crippen LogP contribution in [-0.4, -0.2) is 29.8 Å². The summed E-state index contributed by atoms with van der Waals surface area (Å²) in [5, 5.41) is 4.33. The molecule has 2 aromatic carbocycles. The van der Waals surface area contributed by atoms with E-state index >= 15 is 0 Å². The number of carbonyl (C=O) groups is 1. The standard InChI is InChI=1S/C24H26N2O4/c1-5-26-15-22(17(2)25-26)23(27)12-6-18-7-13-24(29-4)19(14-18)16-30-21-10-8-20(28-3)9-11-21/h6-15H,5,16H2,1-4H3/b12-6+. The lowest BCUT2D eigenvalue weighted by Crippen LogP contribution is -1.99. The van der Waals surface area contributed by atoms with Crippen molar-refractivity contribution in [2.45, 2.75) is 27.0 Å². The molecule has 1 heterocycles. The van der Waals surface area contributed by atoms with Crippen molar-refractivity contribution >= 4 is 11.9 Å². The van der Waals surface area contributed by atoms with E-state index in [-0.39, 0.29) is 5.78 Å². The highest BCUT2D eigenvalue weighted by Gasteiger charge is 2.11. The van der Waals surface area contributed by atoms with Crippen LogP contribution in [0.4, 0.5) is 0 Å². The first-order chi connectivity index (χ1) is 14.5. The van der Waals surface area contributed by atoms with Crippen molar-refractivity contribution < 1.29 is 19.0 Å². The van der Waals surface area contributed by atoms with Gasteiger partial charge in [0.1, 0.15) is 23.9 Å². The average Bonchev–Trinajstić information content (AvgIpc) is 3.17. The molecule has 30 heavy (non-hydrogen) atoms. The van der Waals surface area contributed by atoms with Gasteiger partial charge in [-0.1, -0.05) is 12.1 Å². The Kier molecular flexibility index (Phi) is 6.91. The predicted molar refractivity (Wildman–Crippen MR) is 116 cm³/mol. The Morgan fingerprint density at radius 2 is 1.80 bits per heavy atom. The molecule has 0 saturated heterocycles. The zero-order chi connectivity index (χ0) is 21.5. The highest BCUT2D eigenvalue weighted by atomic mass is 16.5. The van der Waals surface area contributed by atoms with Crippen LogP contribution in [0.2, 0.25) is 0 Å². The normalized spacial score (nSPS) is 10.9. The second kappa shape index (κ2) is 9.78. The zero-order valence-electron chi connectivity index (χ0n) is 17.7. The van der Waals surface area contributed by atoms with Crippen LogP contribution in [0.1, 0.15) is 34.1 Å². The molecule has 0 amide bonds. The van der Waals surface area contributed by atoms with Crippen LogP contribution in [0.15, 0.2) is 54.7 Å². The van der Waals surface area contributed by atoms with Crippen molar-refractivity contribution in [3.8, 4) is 17.2 Å². The number of nitrogens with zero attached hydrogens (tertiary/aromatic N) is 2. The van der Waals surface area contributed by atoms with E-state index in [0.29, 0.717) is 12.2 Å². The number of methoxy groups -OCH3 is 2. The van der Waals surface area contributed by atoms with E-state index in [9.17, 15) is 4.79 Å². The van der Waals surface area contributed by atoms with Gasteiger partial charge in [0.2, 0.25) is 0 Å². The number of benzene rings is 2. The molecule has 3 aromatic rings. The minimum atomic E-state index is -0.0703. The largest absolute Gasteiger partial charge is 0.497 e. The van der Waals surface area contributed by atoms with Crippen LogP contribution < -0.4 is 14.2 Å². The Hall–Kier alpha value is -3.54.